The molecule has 0 spiro atoms. The number of rotatable bonds is 2. The molecule has 1 aliphatic heterocycles. The van der Waals surface area contributed by atoms with Gasteiger partial charge in [0.05, 0.1) is 28.9 Å². The molecule has 1 atom stereocenters. The summed E-state index contributed by atoms with van der Waals surface area (Å²) in [6.45, 7) is 0.691. The molecule has 6 nitrogen and oxygen atoms in total. The average Bonchev–Trinajstić information content (AvgIpc) is 2.43. The molecule has 1 aromatic rings. The SMILES string of the molecule is NC(=O)C1COCCN1C(=O)c1cc(N)c(Cl)c(Cl)c1. The summed E-state index contributed by atoms with van der Waals surface area (Å²) in [6.07, 6.45) is 0. The molecule has 0 radical (unpaired) electrons. The van der Waals surface area contributed by atoms with Gasteiger partial charge >= 0.3 is 0 Å². The highest BCUT2D eigenvalue weighted by Crippen LogP contribution is 2.30. The van der Waals surface area contributed by atoms with Crippen LogP contribution in [0.2, 0.25) is 10.0 Å². The zero-order chi connectivity index (χ0) is 14.9. The molecule has 4 N–H and O–H groups in total. The zero-order valence-corrected chi connectivity index (χ0v) is 11.9. The number of morpholine rings is 1. The Morgan fingerprint density at radius 2 is 2.05 bits per heavy atom. The maximum atomic E-state index is 12.4. The van der Waals surface area contributed by atoms with Gasteiger partial charge in [-0.05, 0) is 12.1 Å². The van der Waals surface area contributed by atoms with Crippen molar-refractivity contribution in [3.05, 3.63) is 27.7 Å². The molecule has 1 aromatic carbocycles. The van der Waals surface area contributed by atoms with Crippen LogP contribution in [0.25, 0.3) is 0 Å². The molecular weight excluding hydrogens is 305 g/mol. The van der Waals surface area contributed by atoms with Crippen LogP contribution in [0.4, 0.5) is 5.69 Å². The van der Waals surface area contributed by atoms with E-state index in [1.165, 1.54) is 17.0 Å². The van der Waals surface area contributed by atoms with E-state index in [9.17, 15) is 9.59 Å². The molecule has 1 heterocycles. The molecule has 8 heteroatoms. The molecular formula is C12H13Cl2N3O3. The van der Waals surface area contributed by atoms with E-state index in [1.807, 2.05) is 0 Å². The number of hydrogen-bond acceptors (Lipinski definition) is 4. The van der Waals surface area contributed by atoms with E-state index < -0.39 is 11.9 Å². The minimum atomic E-state index is -0.799. The van der Waals surface area contributed by atoms with Crippen LogP contribution in [-0.2, 0) is 9.53 Å². The zero-order valence-electron chi connectivity index (χ0n) is 10.4. The van der Waals surface area contributed by atoms with Gasteiger partial charge in [-0.1, -0.05) is 23.2 Å². The average molecular weight is 318 g/mol. The van der Waals surface area contributed by atoms with Gasteiger partial charge in [0, 0.05) is 12.1 Å². The third-order valence-corrected chi connectivity index (χ3v) is 3.84. The number of halogens is 2. The fourth-order valence-electron chi connectivity index (χ4n) is 1.98. The summed E-state index contributed by atoms with van der Waals surface area (Å²) < 4.78 is 5.16. The number of hydrogen-bond donors (Lipinski definition) is 2. The van der Waals surface area contributed by atoms with Crippen molar-refractivity contribution in [2.75, 3.05) is 25.5 Å². The largest absolute Gasteiger partial charge is 0.397 e. The van der Waals surface area contributed by atoms with Gasteiger partial charge in [-0.2, -0.15) is 0 Å². The molecule has 2 rings (SSSR count). The van der Waals surface area contributed by atoms with E-state index in [-0.39, 0.29) is 40.4 Å². The van der Waals surface area contributed by atoms with Gasteiger partial charge in [0.2, 0.25) is 5.91 Å². The standard InChI is InChI=1S/C12H13Cl2N3O3/c13-7-3-6(4-8(15)10(7)14)12(19)17-1-2-20-5-9(17)11(16)18/h3-4,9H,1-2,5,15H2,(H2,16,18). The molecule has 1 unspecified atom stereocenters. The van der Waals surface area contributed by atoms with Crippen molar-refractivity contribution in [2.45, 2.75) is 6.04 Å². The molecule has 0 bridgehead atoms. The van der Waals surface area contributed by atoms with Crippen LogP contribution in [0.3, 0.4) is 0 Å². The lowest BCUT2D eigenvalue weighted by Crippen LogP contribution is -2.54. The van der Waals surface area contributed by atoms with Crippen molar-refractivity contribution in [2.24, 2.45) is 5.73 Å². The number of carbonyl (C=O) groups excluding carboxylic acids is 2. The fraction of sp³-hybridized carbons (Fsp3) is 0.333. The van der Waals surface area contributed by atoms with Crippen molar-refractivity contribution in [1.82, 2.24) is 4.90 Å². The Balaban J connectivity index is 2.32. The first-order valence-electron chi connectivity index (χ1n) is 5.84. The van der Waals surface area contributed by atoms with Crippen molar-refractivity contribution in [1.29, 1.82) is 0 Å². The van der Waals surface area contributed by atoms with Crippen LogP contribution in [0.5, 0.6) is 0 Å². The Bertz CT molecular complexity index is 542. The van der Waals surface area contributed by atoms with Crippen LogP contribution in [-0.4, -0.2) is 42.5 Å². The summed E-state index contributed by atoms with van der Waals surface area (Å²) in [4.78, 5) is 25.2. The first-order chi connectivity index (χ1) is 9.41. The predicted molar refractivity (Wildman–Crippen MR) is 75.7 cm³/mol. The minimum Gasteiger partial charge on any atom is -0.397 e. The topological polar surface area (TPSA) is 98.7 Å². The molecule has 0 aromatic heterocycles. The van der Waals surface area contributed by atoms with E-state index in [1.54, 1.807) is 0 Å². The summed E-state index contributed by atoms with van der Waals surface area (Å²) in [6, 6.07) is 2.03. The Morgan fingerprint density at radius 3 is 2.65 bits per heavy atom. The van der Waals surface area contributed by atoms with Crippen molar-refractivity contribution < 1.29 is 14.3 Å². The number of nitrogens with two attached hydrogens (primary N) is 2. The van der Waals surface area contributed by atoms with E-state index in [4.69, 9.17) is 39.4 Å². The predicted octanol–water partition coefficient (Wildman–Crippen LogP) is 0.902. The number of nitrogen functional groups attached to an aromatic ring is 1. The van der Waals surface area contributed by atoms with Gasteiger partial charge in [-0.3, -0.25) is 9.59 Å². The molecule has 1 saturated heterocycles. The molecule has 0 saturated carbocycles. The lowest BCUT2D eigenvalue weighted by atomic mass is 10.1. The second kappa shape index (κ2) is 5.87. The number of primary amides is 1. The highest BCUT2D eigenvalue weighted by atomic mass is 35.5. The first-order valence-corrected chi connectivity index (χ1v) is 6.60. The van der Waals surface area contributed by atoms with Crippen LogP contribution in [0, 0.1) is 0 Å². The Hall–Kier alpha value is -1.50. The summed E-state index contributed by atoms with van der Waals surface area (Å²) >= 11 is 11.7. The maximum Gasteiger partial charge on any atom is 0.254 e. The Morgan fingerprint density at radius 1 is 1.35 bits per heavy atom. The van der Waals surface area contributed by atoms with E-state index in [2.05, 4.69) is 0 Å². The highest BCUT2D eigenvalue weighted by Gasteiger charge is 2.32. The van der Waals surface area contributed by atoms with E-state index in [0.717, 1.165) is 0 Å². The van der Waals surface area contributed by atoms with Crippen molar-refractivity contribution in [3.8, 4) is 0 Å². The Kier molecular flexibility index (Phi) is 4.37. The van der Waals surface area contributed by atoms with Gasteiger partial charge in [0.25, 0.3) is 5.91 Å². The molecule has 108 valence electrons. The number of carbonyl (C=O) groups is 2. The van der Waals surface area contributed by atoms with Crippen molar-refractivity contribution in [3.63, 3.8) is 0 Å². The third kappa shape index (κ3) is 2.82. The van der Waals surface area contributed by atoms with Gasteiger partial charge < -0.3 is 21.1 Å². The second-order valence-corrected chi connectivity index (χ2v) is 5.14. The smallest absolute Gasteiger partial charge is 0.254 e. The number of ether oxygens (including phenoxy) is 1. The van der Waals surface area contributed by atoms with Gasteiger partial charge in [-0.15, -0.1) is 0 Å². The summed E-state index contributed by atoms with van der Waals surface area (Å²) in [5.41, 5.74) is 11.4. The summed E-state index contributed by atoms with van der Waals surface area (Å²) in [5, 5.41) is 0.371. The number of anilines is 1. The van der Waals surface area contributed by atoms with Gasteiger partial charge in [-0.25, -0.2) is 0 Å². The van der Waals surface area contributed by atoms with Crippen molar-refractivity contribution >= 4 is 40.7 Å². The van der Waals surface area contributed by atoms with E-state index in [0.29, 0.717) is 6.61 Å². The quantitative estimate of drug-likeness (QED) is 0.792. The minimum absolute atomic E-state index is 0.0812. The summed E-state index contributed by atoms with van der Waals surface area (Å²) in [7, 11) is 0. The van der Waals surface area contributed by atoms with Crippen LogP contribution < -0.4 is 11.5 Å². The lowest BCUT2D eigenvalue weighted by Gasteiger charge is -2.33. The lowest BCUT2D eigenvalue weighted by molar-refractivity contribution is -0.127. The third-order valence-electron chi connectivity index (χ3n) is 3.02. The summed E-state index contributed by atoms with van der Waals surface area (Å²) in [5.74, 6) is -1.01. The van der Waals surface area contributed by atoms with Gasteiger partial charge in [0.15, 0.2) is 0 Å². The molecule has 2 amide bonds. The normalized spacial score (nSPS) is 18.9. The van der Waals surface area contributed by atoms with Crippen LogP contribution >= 0.6 is 23.2 Å². The number of benzene rings is 1. The van der Waals surface area contributed by atoms with Gasteiger partial charge in [0.1, 0.15) is 6.04 Å². The molecule has 1 aliphatic rings. The maximum absolute atomic E-state index is 12.4. The van der Waals surface area contributed by atoms with Crippen LogP contribution in [0.15, 0.2) is 12.1 Å². The Labute approximate surface area is 125 Å². The number of amides is 2. The molecule has 1 fully saturated rings. The molecule has 20 heavy (non-hydrogen) atoms. The van der Waals surface area contributed by atoms with E-state index >= 15 is 0 Å². The highest BCUT2D eigenvalue weighted by molar-refractivity contribution is 6.43. The fourth-order valence-corrected chi connectivity index (χ4v) is 2.32. The first kappa shape index (κ1) is 14.9. The van der Waals surface area contributed by atoms with Crippen LogP contribution in [0.1, 0.15) is 10.4 Å². The number of nitrogens with zero attached hydrogens (tertiary/aromatic N) is 1. The second-order valence-electron chi connectivity index (χ2n) is 4.35. The monoisotopic (exact) mass is 317 g/mol. The molecule has 0 aliphatic carbocycles.